The highest BCUT2D eigenvalue weighted by atomic mass is 35.5. The molecule has 8 nitrogen and oxygen atoms in total. The fraction of sp³-hybridized carbons (Fsp3) is 0.333. The molecule has 1 aromatic heterocycles. The van der Waals surface area contributed by atoms with Crippen molar-refractivity contribution in [2.45, 2.75) is 38.5 Å². The van der Waals surface area contributed by atoms with E-state index in [2.05, 4.69) is 20.8 Å². The first kappa shape index (κ1) is 26.8. The van der Waals surface area contributed by atoms with Crippen LogP contribution in [0.5, 0.6) is 5.75 Å². The second kappa shape index (κ2) is 12.3. The predicted molar refractivity (Wildman–Crippen MR) is 140 cm³/mol. The summed E-state index contributed by atoms with van der Waals surface area (Å²) >= 11 is 13.2. The standard InChI is InChI=1S/C24H27Cl2N5O3S/c1-5-31-22(21(14(2)3)28-23(33)15-6-9-17(34-4)10-7-15)29-30-24(31)35-13-20(32)27-16-8-11-18(25)19(26)12-16/h6-12,14,21H,5,13H2,1-4H3,(H,27,32)(H,28,33)/t21-/m0/s1. The number of nitrogens with zero attached hydrogens (tertiary/aromatic N) is 3. The van der Waals surface area contributed by atoms with Crippen LogP contribution in [0.2, 0.25) is 10.0 Å². The van der Waals surface area contributed by atoms with E-state index in [4.69, 9.17) is 27.9 Å². The van der Waals surface area contributed by atoms with E-state index in [0.29, 0.717) is 44.6 Å². The van der Waals surface area contributed by atoms with Gasteiger partial charge >= 0.3 is 0 Å². The second-order valence-electron chi connectivity index (χ2n) is 7.97. The maximum absolute atomic E-state index is 12.9. The SMILES string of the molecule is CCn1c(SCC(=O)Nc2ccc(Cl)c(Cl)c2)nnc1[C@@H](NC(=O)c1ccc(OC)cc1)C(C)C. The zero-order valence-corrected chi connectivity index (χ0v) is 22.2. The van der Waals surface area contributed by atoms with Crippen molar-refractivity contribution in [1.29, 1.82) is 0 Å². The molecule has 186 valence electrons. The monoisotopic (exact) mass is 535 g/mol. The molecule has 2 amide bonds. The van der Waals surface area contributed by atoms with E-state index in [1.165, 1.54) is 11.8 Å². The quantitative estimate of drug-likeness (QED) is 0.334. The van der Waals surface area contributed by atoms with Crippen LogP contribution in [-0.4, -0.2) is 39.4 Å². The topological polar surface area (TPSA) is 98.1 Å². The van der Waals surface area contributed by atoms with Crippen LogP contribution in [0.3, 0.4) is 0 Å². The minimum Gasteiger partial charge on any atom is -0.497 e. The van der Waals surface area contributed by atoms with Gasteiger partial charge in [0, 0.05) is 17.8 Å². The van der Waals surface area contributed by atoms with E-state index in [-0.39, 0.29) is 29.5 Å². The van der Waals surface area contributed by atoms with Gasteiger partial charge in [-0.3, -0.25) is 9.59 Å². The van der Waals surface area contributed by atoms with Crippen molar-refractivity contribution in [1.82, 2.24) is 20.1 Å². The molecule has 2 N–H and O–H groups in total. The molecule has 0 spiro atoms. The van der Waals surface area contributed by atoms with Gasteiger partial charge in [-0.1, -0.05) is 48.8 Å². The number of hydrogen-bond donors (Lipinski definition) is 2. The molecule has 3 rings (SSSR count). The van der Waals surface area contributed by atoms with Gasteiger partial charge in [0.2, 0.25) is 5.91 Å². The van der Waals surface area contributed by atoms with Gasteiger partial charge < -0.3 is 19.9 Å². The van der Waals surface area contributed by atoms with Crippen LogP contribution >= 0.6 is 35.0 Å². The smallest absolute Gasteiger partial charge is 0.251 e. The molecule has 2 aromatic carbocycles. The molecule has 0 aliphatic rings. The summed E-state index contributed by atoms with van der Waals surface area (Å²) in [6, 6.07) is 11.4. The number of rotatable bonds is 10. The lowest BCUT2D eigenvalue weighted by atomic mass is 10.0. The lowest BCUT2D eigenvalue weighted by Gasteiger charge is -2.22. The number of halogens is 2. The van der Waals surface area contributed by atoms with Crippen LogP contribution in [0.25, 0.3) is 0 Å². The largest absolute Gasteiger partial charge is 0.497 e. The number of amides is 2. The van der Waals surface area contributed by atoms with E-state index in [1.807, 2.05) is 25.3 Å². The lowest BCUT2D eigenvalue weighted by Crippen LogP contribution is -2.33. The summed E-state index contributed by atoms with van der Waals surface area (Å²) in [5.41, 5.74) is 1.08. The highest BCUT2D eigenvalue weighted by molar-refractivity contribution is 7.99. The molecular formula is C24H27Cl2N5O3S. The molecule has 0 aliphatic carbocycles. The van der Waals surface area contributed by atoms with Gasteiger partial charge in [-0.25, -0.2) is 0 Å². The van der Waals surface area contributed by atoms with Crippen molar-refractivity contribution < 1.29 is 14.3 Å². The average molecular weight is 536 g/mol. The number of methoxy groups -OCH3 is 1. The molecular weight excluding hydrogens is 509 g/mol. The first-order valence-electron chi connectivity index (χ1n) is 11.0. The highest BCUT2D eigenvalue weighted by Gasteiger charge is 2.26. The summed E-state index contributed by atoms with van der Waals surface area (Å²) in [6.45, 7) is 6.56. The highest BCUT2D eigenvalue weighted by Crippen LogP contribution is 2.27. The number of anilines is 1. The van der Waals surface area contributed by atoms with Crippen molar-refractivity contribution >= 4 is 52.5 Å². The Morgan fingerprint density at radius 3 is 2.40 bits per heavy atom. The molecule has 0 unspecified atom stereocenters. The van der Waals surface area contributed by atoms with Gasteiger partial charge in [-0.05, 0) is 55.3 Å². The van der Waals surface area contributed by atoms with Crippen LogP contribution in [0, 0.1) is 5.92 Å². The molecule has 0 saturated carbocycles. The summed E-state index contributed by atoms with van der Waals surface area (Å²) < 4.78 is 7.07. The maximum Gasteiger partial charge on any atom is 0.251 e. The zero-order valence-electron chi connectivity index (χ0n) is 19.8. The van der Waals surface area contributed by atoms with E-state index in [0.717, 1.165) is 0 Å². The van der Waals surface area contributed by atoms with E-state index < -0.39 is 0 Å². The fourth-order valence-corrected chi connectivity index (χ4v) is 4.44. The number of hydrogen-bond acceptors (Lipinski definition) is 6. The Bertz CT molecular complexity index is 1180. The Hall–Kier alpha value is -2.75. The van der Waals surface area contributed by atoms with Crippen LogP contribution in [-0.2, 0) is 11.3 Å². The van der Waals surface area contributed by atoms with Crippen LogP contribution in [0.15, 0.2) is 47.6 Å². The van der Waals surface area contributed by atoms with Crippen LogP contribution < -0.4 is 15.4 Å². The molecule has 3 aromatic rings. The van der Waals surface area contributed by atoms with Gasteiger partial charge in [0.25, 0.3) is 5.91 Å². The second-order valence-corrected chi connectivity index (χ2v) is 9.73. The van der Waals surface area contributed by atoms with E-state index >= 15 is 0 Å². The summed E-state index contributed by atoms with van der Waals surface area (Å²) in [5, 5.41) is 15.9. The first-order valence-corrected chi connectivity index (χ1v) is 12.7. The van der Waals surface area contributed by atoms with E-state index in [1.54, 1.807) is 49.6 Å². The summed E-state index contributed by atoms with van der Waals surface area (Å²) in [4.78, 5) is 25.3. The Balaban J connectivity index is 1.70. The number of benzene rings is 2. The molecule has 1 heterocycles. The molecule has 11 heteroatoms. The predicted octanol–water partition coefficient (Wildman–Crippen LogP) is 5.47. The van der Waals surface area contributed by atoms with Crippen molar-refractivity contribution in [3.8, 4) is 5.75 Å². The van der Waals surface area contributed by atoms with Crippen molar-refractivity contribution in [2.75, 3.05) is 18.2 Å². The number of nitrogens with one attached hydrogen (secondary N) is 2. The summed E-state index contributed by atoms with van der Waals surface area (Å²) in [6.07, 6.45) is 0. The Kier molecular flexibility index (Phi) is 9.42. The van der Waals surface area contributed by atoms with Gasteiger partial charge in [0.15, 0.2) is 11.0 Å². The minimum atomic E-state index is -0.364. The maximum atomic E-state index is 12.9. The van der Waals surface area contributed by atoms with Gasteiger partial charge in [0.1, 0.15) is 5.75 Å². The molecule has 0 bridgehead atoms. The minimum absolute atomic E-state index is 0.0579. The molecule has 0 aliphatic heterocycles. The summed E-state index contributed by atoms with van der Waals surface area (Å²) in [7, 11) is 1.58. The van der Waals surface area contributed by atoms with Gasteiger partial charge in [-0.2, -0.15) is 0 Å². The van der Waals surface area contributed by atoms with Crippen LogP contribution in [0.4, 0.5) is 5.69 Å². The number of aromatic nitrogens is 3. The average Bonchev–Trinajstić information content (AvgIpc) is 3.25. The van der Waals surface area contributed by atoms with E-state index in [9.17, 15) is 9.59 Å². The van der Waals surface area contributed by atoms with Crippen molar-refractivity contribution in [2.24, 2.45) is 5.92 Å². The molecule has 35 heavy (non-hydrogen) atoms. The third-order valence-corrected chi connectivity index (χ3v) is 6.89. The fourth-order valence-electron chi connectivity index (χ4n) is 3.33. The Morgan fingerprint density at radius 1 is 1.09 bits per heavy atom. The summed E-state index contributed by atoms with van der Waals surface area (Å²) in [5.74, 6) is 1.07. The Labute approximate surface area is 218 Å². The van der Waals surface area contributed by atoms with Gasteiger partial charge in [0.05, 0.1) is 28.9 Å². The first-order chi connectivity index (χ1) is 16.7. The third-order valence-electron chi connectivity index (χ3n) is 5.18. The molecule has 0 radical (unpaired) electrons. The normalized spacial score (nSPS) is 11.9. The number of ether oxygens (including phenoxy) is 1. The zero-order chi connectivity index (χ0) is 25.5. The van der Waals surface area contributed by atoms with Crippen molar-refractivity contribution in [3.05, 3.63) is 63.9 Å². The Morgan fingerprint density at radius 2 is 1.80 bits per heavy atom. The third kappa shape index (κ3) is 6.90. The number of carbonyl (C=O) groups is 2. The molecule has 1 atom stereocenters. The van der Waals surface area contributed by atoms with Gasteiger partial charge in [-0.15, -0.1) is 10.2 Å². The number of carbonyl (C=O) groups excluding carboxylic acids is 2. The number of thioether (sulfide) groups is 1. The lowest BCUT2D eigenvalue weighted by molar-refractivity contribution is -0.113. The van der Waals surface area contributed by atoms with Crippen LogP contribution in [0.1, 0.15) is 43.0 Å². The molecule has 0 fully saturated rings. The van der Waals surface area contributed by atoms with Crippen molar-refractivity contribution in [3.63, 3.8) is 0 Å². The molecule has 0 saturated heterocycles.